The van der Waals surface area contributed by atoms with Crippen molar-refractivity contribution in [1.82, 2.24) is 14.8 Å². The maximum absolute atomic E-state index is 5.41. The Morgan fingerprint density at radius 1 is 1.35 bits per heavy atom. The number of aromatic amines is 1. The lowest BCUT2D eigenvalue weighted by Gasteiger charge is -2.10. The molecule has 0 bridgehead atoms. The van der Waals surface area contributed by atoms with Gasteiger partial charge in [-0.25, -0.2) is 0 Å². The molecule has 88 valence electrons. The number of aromatic nitrogens is 3. The predicted molar refractivity (Wildman–Crippen MR) is 66.9 cm³/mol. The minimum absolute atomic E-state index is 0.336. The molecule has 0 spiro atoms. The second-order valence-electron chi connectivity index (χ2n) is 4.12. The molecule has 1 N–H and O–H groups in total. The Morgan fingerprint density at radius 3 is 2.88 bits per heavy atom. The van der Waals surface area contributed by atoms with Crippen molar-refractivity contribution in [3.8, 4) is 5.69 Å². The Balaban J connectivity index is 2.09. The molecule has 1 saturated heterocycles. The average Bonchev–Trinajstić information content (AvgIpc) is 2.98. The van der Waals surface area contributed by atoms with Crippen molar-refractivity contribution >= 4 is 12.2 Å². The van der Waals surface area contributed by atoms with Crippen LogP contribution in [-0.4, -0.2) is 28.0 Å². The Kier molecular flexibility index (Phi) is 2.78. The molecule has 1 unspecified atom stereocenters. The van der Waals surface area contributed by atoms with Crippen LogP contribution in [-0.2, 0) is 4.74 Å². The van der Waals surface area contributed by atoms with E-state index in [1.54, 1.807) is 0 Å². The summed E-state index contributed by atoms with van der Waals surface area (Å²) >= 11 is 5.29. The normalized spacial score (nSPS) is 19.6. The number of hydrogen-bond acceptors (Lipinski definition) is 3. The summed E-state index contributed by atoms with van der Waals surface area (Å²) < 4.78 is 8.04. The largest absolute Gasteiger partial charge is 0.381 e. The van der Waals surface area contributed by atoms with Crippen LogP contribution in [0, 0.1) is 4.77 Å². The van der Waals surface area contributed by atoms with Gasteiger partial charge in [0.2, 0.25) is 0 Å². The number of nitrogens with one attached hydrogen (secondary N) is 1. The molecule has 0 aliphatic carbocycles. The summed E-state index contributed by atoms with van der Waals surface area (Å²) in [5.41, 5.74) is 1.05. The van der Waals surface area contributed by atoms with Gasteiger partial charge >= 0.3 is 0 Å². The standard InChI is InChI=1S/C12H13N3OS/c17-12-14-13-11(9-6-7-16-8-9)15(12)10-4-2-1-3-5-10/h1-5,9H,6-8H2,(H,14,17). The summed E-state index contributed by atoms with van der Waals surface area (Å²) in [7, 11) is 0. The Hall–Kier alpha value is -1.46. The van der Waals surface area contributed by atoms with Gasteiger partial charge in [-0.3, -0.25) is 9.67 Å². The van der Waals surface area contributed by atoms with E-state index in [-0.39, 0.29) is 0 Å². The number of hydrogen-bond donors (Lipinski definition) is 1. The molecule has 4 nitrogen and oxygen atoms in total. The van der Waals surface area contributed by atoms with Gasteiger partial charge in [-0.1, -0.05) is 18.2 Å². The highest BCUT2D eigenvalue weighted by atomic mass is 32.1. The quantitative estimate of drug-likeness (QED) is 0.829. The van der Waals surface area contributed by atoms with Crippen LogP contribution in [0.5, 0.6) is 0 Å². The minimum Gasteiger partial charge on any atom is -0.381 e. The van der Waals surface area contributed by atoms with E-state index in [2.05, 4.69) is 10.2 Å². The first-order valence-electron chi connectivity index (χ1n) is 5.67. The third-order valence-electron chi connectivity index (χ3n) is 3.01. The highest BCUT2D eigenvalue weighted by Gasteiger charge is 2.23. The van der Waals surface area contributed by atoms with Gasteiger partial charge in [0.15, 0.2) is 4.77 Å². The maximum atomic E-state index is 5.41. The van der Waals surface area contributed by atoms with Gasteiger partial charge in [-0.15, -0.1) is 0 Å². The van der Waals surface area contributed by atoms with Crippen molar-refractivity contribution in [2.45, 2.75) is 12.3 Å². The van der Waals surface area contributed by atoms with Gasteiger partial charge in [0, 0.05) is 18.2 Å². The fourth-order valence-electron chi connectivity index (χ4n) is 2.15. The first-order valence-corrected chi connectivity index (χ1v) is 6.07. The molecule has 0 saturated carbocycles. The van der Waals surface area contributed by atoms with Crippen LogP contribution in [0.3, 0.4) is 0 Å². The second-order valence-corrected chi connectivity index (χ2v) is 4.51. The van der Waals surface area contributed by atoms with E-state index in [1.807, 2.05) is 34.9 Å². The van der Waals surface area contributed by atoms with Crippen LogP contribution in [0.4, 0.5) is 0 Å². The van der Waals surface area contributed by atoms with Crippen molar-refractivity contribution in [2.75, 3.05) is 13.2 Å². The summed E-state index contributed by atoms with van der Waals surface area (Å²) in [5.74, 6) is 1.31. The molecule has 1 aromatic heterocycles. The summed E-state index contributed by atoms with van der Waals surface area (Å²) in [6.45, 7) is 1.53. The molecular weight excluding hydrogens is 234 g/mol. The lowest BCUT2D eigenvalue weighted by Crippen LogP contribution is -2.07. The smallest absolute Gasteiger partial charge is 0.199 e. The molecule has 1 aliphatic rings. The van der Waals surface area contributed by atoms with Crippen LogP contribution in [0.2, 0.25) is 0 Å². The van der Waals surface area contributed by atoms with Crippen LogP contribution in [0.1, 0.15) is 18.2 Å². The highest BCUT2D eigenvalue weighted by molar-refractivity contribution is 7.71. The number of nitrogens with zero attached hydrogens (tertiary/aromatic N) is 2. The molecule has 0 radical (unpaired) electrons. The topological polar surface area (TPSA) is 42.8 Å². The first kappa shape index (κ1) is 10.7. The molecule has 1 aliphatic heterocycles. The molecule has 2 aromatic rings. The van der Waals surface area contributed by atoms with Gasteiger partial charge in [0.05, 0.1) is 6.61 Å². The number of rotatable bonds is 2. The van der Waals surface area contributed by atoms with Gasteiger partial charge in [-0.2, -0.15) is 5.10 Å². The summed E-state index contributed by atoms with van der Waals surface area (Å²) in [6, 6.07) is 10.1. The first-order chi connectivity index (χ1) is 8.36. The van der Waals surface area contributed by atoms with Crippen molar-refractivity contribution in [1.29, 1.82) is 0 Å². The molecule has 17 heavy (non-hydrogen) atoms. The molecule has 1 aromatic carbocycles. The zero-order chi connectivity index (χ0) is 11.7. The summed E-state index contributed by atoms with van der Waals surface area (Å²) in [6.07, 6.45) is 1.01. The zero-order valence-electron chi connectivity index (χ0n) is 9.30. The van der Waals surface area contributed by atoms with Crippen molar-refractivity contribution < 1.29 is 4.74 Å². The molecule has 2 heterocycles. The van der Waals surface area contributed by atoms with Crippen molar-refractivity contribution in [3.05, 3.63) is 40.9 Å². The van der Waals surface area contributed by atoms with Gasteiger partial charge < -0.3 is 4.74 Å². The van der Waals surface area contributed by atoms with Gasteiger partial charge in [0.25, 0.3) is 0 Å². The Labute approximate surface area is 104 Å². The zero-order valence-corrected chi connectivity index (χ0v) is 10.1. The van der Waals surface area contributed by atoms with E-state index in [9.17, 15) is 0 Å². The molecule has 1 fully saturated rings. The van der Waals surface area contributed by atoms with E-state index in [1.165, 1.54) is 0 Å². The van der Waals surface area contributed by atoms with Crippen LogP contribution < -0.4 is 0 Å². The molecule has 1 atom stereocenters. The second kappa shape index (κ2) is 4.43. The molecule has 0 amide bonds. The third-order valence-corrected chi connectivity index (χ3v) is 3.28. The highest BCUT2D eigenvalue weighted by Crippen LogP contribution is 2.25. The summed E-state index contributed by atoms with van der Waals surface area (Å²) in [4.78, 5) is 0. The van der Waals surface area contributed by atoms with Gasteiger partial charge in [0.1, 0.15) is 5.82 Å². The van der Waals surface area contributed by atoms with E-state index in [4.69, 9.17) is 17.0 Å². The van der Waals surface area contributed by atoms with E-state index in [0.717, 1.165) is 31.1 Å². The minimum atomic E-state index is 0.336. The number of ether oxygens (including phenoxy) is 1. The van der Waals surface area contributed by atoms with Crippen molar-refractivity contribution in [2.24, 2.45) is 0 Å². The maximum Gasteiger partial charge on any atom is 0.199 e. The lowest BCUT2D eigenvalue weighted by molar-refractivity contribution is 0.193. The Morgan fingerprint density at radius 2 is 2.18 bits per heavy atom. The fourth-order valence-corrected chi connectivity index (χ4v) is 2.39. The number of para-hydroxylation sites is 1. The van der Waals surface area contributed by atoms with E-state index >= 15 is 0 Å². The van der Waals surface area contributed by atoms with Crippen molar-refractivity contribution in [3.63, 3.8) is 0 Å². The van der Waals surface area contributed by atoms with Crippen LogP contribution in [0.25, 0.3) is 5.69 Å². The van der Waals surface area contributed by atoms with Crippen LogP contribution >= 0.6 is 12.2 Å². The predicted octanol–water partition coefficient (Wildman–Crippen LogP) is 2.43. The lowest BCUT2D eigenvalue weighted by atomic mass is 10.1. The number of H-pyrrole nitrogens is 1. The number of benzene rings is 1. The Bertz CT molecular complexity index is 555. The fraction of sp³-hybridized carbons (Fsp3) is 0.333. The molecule has 5 heteroatoms. The average molecular weight is 247 g/mol. The van der Waals surface area contributed by atoms with Crippen LogP contribution in [0.15, 0.2) is 30.3 Å². The SMILES string of the molecule is S=c1[nH]nc(C2CCOC2)n1-c1ccccc1. The molecular formula is C12H13N3OS. The monoisotopic (exact) mass is 247 g/mol. The molecule has 3 rings (SSSR count). The van der Waals surface area contributed by atoms with E-state index < -0.39 is 0 Å². The third kappa shape index (κ3) is 1.92. The van der Waals surface area contributed by atoms with E-state index in [0.29, 0.717) is 10.7 Å². The summed E-state index contributed by atoms with van der Waals surface area (Å²) in [5, 5.41) is 7.21. The van der Waals surface area contributed by atoms with Gasteiger partial charge in [-0.05, 0) is 30.8 Å².